The maximum Gasteiger partial charge on any atom is 0.0693 e. The highest BCUT2D eigenvalue weighted by atomic mass is 79.9. The van der Waals surface area contributed by atoms with Gasteiger partial charge in [0.25, 0.3) is 0 Å². The van der Waals surface area contributed by atoms with Crippen LogP contribution in [0.5, 0.6) is 0 Å². The van der Waals surface area contributed by atoms with Crippen LogP contribution in [0.25, 0.3) is 0 Å². The summed E-state index contributed by atoms with van der Waals surface area (Å²) in [5.74, 6) is 0. The van der Waals surface area contributed by atoms with E-state index in [1.807, 2.05) is 6.07 Å². The SMILES string of the molecule is OCc1cc(Cl)c(Br)cc1Br. The molecule has 0 unspecified atom stereocenters. The highest BCUT2D eigenvalue weighted by Crippen LogP contribution is 2.29. The summed E-state index contributed by atoms with van der Waals surface area (Å²) in [7, 11) is 0. The molecule has 1 nitrogen and oxygen atoms in total. The minimum atomic E-state index is -0.00637. The van der Waals surface area contributed by atoms with E-state index in [-0.39, 0.29) is 6.61 Å². The number of hydrogen-bond donors (Lipinski definition) is 1. The predicted molar refractivity (Wildman–Crippen MR) is 52.8 cm³/mol. The van der Waals surface area contributed by atoms with Gasteiger partial charge in [-0.1, -0.05) is 27.5 Å². The van der Waals surface area contributed by atoms with Gasteiger partial charge in [0.05, 0.1) is 11.6 Å². The van der Waals surface area contributed by atoms with E-state index in [4.69, 9.17) is 16.7 Å². The molecule has 4 heteroatoms. The fourth-order valence-electron chi connectivity index (χ4n) is 0.685. The van der Waals surface area contributed by atoms with Crippen molar-refractivity contribution in [3.63, 3.8) is 0 Å². The standard InChI is InChI=1S/C7H5Br2ClO/c8-5-2-6(9)7(10)1-4(5)3-11/h1-2,11H,3H2. The maximum absolute atomic E-state index is 8.83. The zero-order valence-electron chi connectivity index (χ0n) is 5.44. The quantitative estimate of drug-likeness (QED) is 0.789. The summed E-state index contributed by atoms with van der Waals surface area (Å²) in [5.41, 5.74) is 0.790. The average Bonchev–Trinajstić information content (AvgIpc) is 1.97. The lowest BCUT2D eigenvalue weighted by molar-refractivity contribution is 0.281. The molecule has 0 radical (unpaired) electrons. The zero-order valence-corrected chi connectivity index (χ0v) is 9.37. The van der Waals surface area contributed by atoms with Crippen LogP contribution in [0.4, 0.5) is 0 Å². The van der Waals surface area contributed by atoms with Gasteiger partial charge < -0.3 is 5.11 Å². The number of rotatable bonds is 1. The van der Waals surface area contributed by atoms with E-state index in [0.717, 1.165) is 14.5 Å². The number of aliphatic hydroxyl groups is 1. The van der Waals surface area contributed by atoms with Crippen molar-refractivity contribution in [2.75, 3.05) is 0 Å². The number of benzene rings is 1. The molecular formula is C7H5Br2ClO. The molecule has 11 heavy (non-hydrogen) atoms. The lowest BCUT2D eigenvalue weighted by atomic mass is 10.2. The van der Waals surface area contributed by atoms with Crippen molar-refractivity contribution in [2.45, 2.75) is 6.61 Å². The van der Waals surface area contributed by atoms with Crippen LogP contribution >= 0.6 is 43.5 Å². The van der Waals surface area contributed by atoms with Gasteiger partial charge >= 0.3 is 0 Å². The topological polar surface area (TPSA) is 20.2 Å². The van der Waals surface area contributed by atoms with Crippen molar-refractivity contribution in [2.24, 2.45) is 0 Å². The second kappa shape index (κ2) is 3.90. The number of hydrogen-bond acceptors (Lipinski definition) is 1. The molecule has 0 aromatic heterocycles. The Morgan fingerprint density at radius 1 is 1.27 bits per heavy atom. The summed E-state index contributed by atoms with van der Waals surface area (Å²) in [6, 6.07) is 3.53. The molecule has 1 aromatic rings. The van der Waals surface area contributed by atoms with E-state index in [1.54, 1.807) is 6.07 Å². The molecule has 0 saturated heterocycles. The van der Waals surface area contributed by atoms with Crippen molar-refractivity contribution >= 4 is 43.5 Å². The van der Waals surface area contributed by atoms with Crippen LogP contribution in [-0.4, -0.2) is 5.11 Å². The Balaban J connectivity index is 3.21. The third-order valence-corrected chi connectivity index (χ3v) is 3.19. The van der Waals surface area contributed by atoms with E-state index < -0.39 is 0 Å². The minimum absolute atomic E-state index is 0.00637. The number of halogens is 3. The van der Waals surface area contributed by atoms with Gasteiger partial charge in [-0.05, 0) is 33.6 Å². The normalized spacial score (nSPS) is 10.2. The molecule has 1 N–H and O–H groups in total. The third kappa shape index (κ3) is 2.18. The summed E-state index contributed by atoms with van der Waals surface area (Å²) in [4.78, 5) is 0. The Labute approximate surface area is 86.6 Å². The van der Waals surface area contributed by atoms with Crippen molar-refractivity contribution in [3.05, 3.63) is 31.7 Å². The van der Waals surface area contributed by atoms with E-state index in [0.29, 0.717) is 5.02 Å². The number of aliphatic hydroxyl groups excluding tert-OH is 1. The van der Waals surface area contributed by atoms with Crippen LogP contribution in [0.2, 0.25) is 5.02 Å². The molecule has 0 saturated carbocycles. The van der Waals surface area contributed by atoms with E-state index in [2.05, 4.69) is 31.9 Å². The summed E-state index contributed by atoms with van der Waals surface area (Å²) in [5, 5.41) is 9.44. The molecule has 0 atom stereocenters. The molecule has 60 valence electrons. The van der Waals surface area contributed by atoms with Gasteiger partial charge in [0.2, 0.25) is 0 Å². The summed E-state index contributed by atoms with van der Waals surface area (Å²) < 4.78 is 1.68. The highest BCUT2D eigenvalue weighted by Gasteiger charge is 2.03. The van der Waals surface area contributed by atoms with Gasteiger partial charge in [-0.3, -0.25) is 0 Å². The summed E-state index contributed by atoms with van der Waals surface area (Å²) in [6.45, 7) is -0.00637. The van der Waals surface area contributed by atoms with Gasteiger partial charge in [0.15, 0.2) is 0 Å². The van der Waals surface area contributed by atoms with Crippen LogP contribution in [-0.2, 0) is 6.61 Å². The van der Waals surface area contributed by atoms with Crippen LogP contribution in [0.3, 0.4) is 0 Å². The minimum Gasteiger partial charge on any atom is -0.392 e. The Kier molecular flexibility index (Phi) is 3.37. The first kappa shape index (κ1) is 9.52. The fraction of sp³-hybridized carbons (Fsp3) is 0.143. The van der Waals surface area contributed by atoms with Crippen molar-refractivity contribution in [1.29, 1.82) is 0 Å². The van der Waals surface area contributed by atoms with Crippen molar-refractivity contribution < 1.29 is 5.11 Å². The van der Waals surface area contributed by atoms with Crippen LogP contribution in [0.1, 0.15) is 5.56 Å². The smallest absolute Gasteiger partial charge is 0.0693 e. The maximum atomic E-state index is 8.83. The molecule has 0 fully saturated rings. The van der Waals surface area contributed by atoms with Gasteiger partial charge in [-0.25, -0.2) is 0 Å². The molecule has 0 aliphatic rings. The summed E-state index contributed by atoms with van der Waals surface area (Å²) in [6.07, 6.45) is 0. The van der Waals surface area contributed by atoms with Crippen LogP contribution < -0.4 is 0 Å². The largest absolute Gasteiger partial charge is 0.392 e. The molecule has 0 aliphatic carbocycles. The van der Waals surface area contributed by atoms with Gasteiger partial charge in [-0.2, -0.15) is 0 Å². The molecule has 1 rings (SSSR count). The predicted octanol–water partition coefficient (Wildman–Crippen LogP) is 3.36. The Hall–Kier alpha value is 0.430. The molecule has 0 amide bonds. The van der Waals surface area contributed by atoms with Gasteiger partial charge in [-0.15, -0.1) is 0 Å². The van der Waals surface area contributed by atoms with Crippen molar-refractivity contribution in [1.82, 2.24) is 0 Å². The summed E-state index contributed by atoms with van der Waals surface area (Å²) >= 11 is 12.3. The first-order chi connectivity index (χ1) is 5.15. The fourth-order valence-corrected chi connectivity index (χ4v) is 1.99. The molecule has 0 spiro atoms. The Bertz CT molecular complexity index is 275. The second-order valence-electron chi connectivity index (χ2n) is 2.02. The average molecular weight is 300 g/mol. The van der Waals surface area contributed by atoms with E-state index >= 15 is 0 Å². The third-order valence-electron chi connectivity index (χ3n) is 1.26. The molecule has 1 aromatic carbocycles. The van der Waals surface area contributed by atoms with Gasteiger partial charge in [0.1, 0.15) is 0 Å². The Morgan fingerprint density at radius 2 is 1.91 bits per heavy atom. The molecule has 0 aliphatic heterocycles. The van der Waals surface area contributed by atoms with Gasteiger partial charge in [0, 0.05) is 8.95 Å². The van der Waals surface area contributed by atoms with Crippen molar-refractivity contribution in [3.8, 4) is 0 Å². The lowest BCUT2D eigenvalue weighted by Crippen LogP contribution is -1.85. The first-order valence-corrected chi connectivity index (χ1v) is 4.86. The highest BCUT2D eigenvalue weighted by molar-refractivity contribution is 9.11. The van der Waals surface area contributed by atoms with E-state index in [9.17, 15) is 0 Å². The van der Waals surface area contributed by atoms with Crippen LogP contribution in [0, 0.1) is 0 Å². The van der Waals surface area contributed by atoms with Crippen LogP contribution in [0.15, 0.2) is 21.1 Å². The first-order valence-electron chi connectivity index (χ1n) is 2.89. The zero-order chi connectivity index (χ0) is 8.43. The van der Waals surface area contributed by atoms with E-state index in [1.165, 1.54) is 0 Å². The second-order valence-corrected chi connectivity index (χ2v) is 4.13. The Morgan fingerprint density at radius 3 is 2.45 bits per heavy atom. The molecular weight excluding hydrogens is 295 g/mol. The molecule has 0 bridgehead atoms. The monoisotopic (exact) mass is 298 g/mol. The lowest BCUT2D eigenvalue weighted by Gasteiger charge is -2.02. The molecule has 0 heterocycles.